The summed E-state index contributed by atoms with van der Waals surface area (Å²) in [7, 11) is -3.36. The van der Waals surface area contributed by atoms with Crippen molar-refractivity contribution >= 4 is 21.4 Å². The molecule has 0 bridgehead atoms. The fraction of sp³-hybridized carbons (Fsp3) is 0.533. The number of nitrogens with one attached hydrogen (secondary N) is 2. The van der Waals surface area contributed by atoms with Gasteiger partial charge in [-0.1, -0.05) is 19.1 Å². The van der Waals surface area contributed by atoms with Crippen LogP contribution in [0.2, 0.25) is 0 Å². The lowest BCUT2D eigenvalue weighted by Crippen LogP contribution is -2.44. The average Bonchev–Trinajstić information content (AvgIpc) is 2.47. The van der Waals surface area contributed by atoms with E-state index in [2.05, 4.69) is 10.6 Å². The van der Waals surface area contributed by atoms with Crippen LogP contribution in [0.5, 0.6) is 0 Å². The molecule has 116 valence electrons. The Hall–Kier alpha value is -1.40. The Bertz CT molecular complexity index is 620. The predicted octanol–water partition coefficient (Wildman–Crippen LogP) is 1.81. The first-order valence-electron chi connectivity index (χ1n) is 7.20. The van der Waals surface area contributed by atoms with Gasteiger partial charge in [-0.05, 0) is 44.5 Å². The smallest absolute Gasteiger partial charge is 0.230 e. The highest BCUT2D eigenvalue weighted by molar-refractivity contribution is 7.90. The maximum atomic E-state index is 12.7. The van der Waals surface area contributed by atoms with Gasteiger partial charge in [0.1, 0.15) is 0 Å². The Morgan fingerprint density at radius 1 is 1.29 bits per heavy atom. The summed E-state index contributed by atoms with van der Waals surface area (Å²) < 4.78 is 23.6. The largest absolute Gasteiger partial charge is 0.324 e. The van der Waals surface area contributed by atoms with Crippen molar-refractivity contribution in [2.75, 3.05) is 24.7 Å². The Balaban J connectivity index is 2.28. The van der Waals surface area contributed by atoms with Crippen LogP contribution in [0.1, 0.15) is 26.2 Å². The molecule has 0 atom stereocenters. The van der Waals surface area contributed by atoms with Crippen molar-refractivity contribution in [3.8, 4) is 0 Å². The molecule has 0 spiro atoms. The molecule has 1 fully saturated rings. The van der Waals surface area contributed by atoms with Gasteiger partial charge in [-0.3, -0.25) is 4.79 Å². The maximum absolute atomic E-state index is 12.7. The van der Waals surface area contributed by atoms with E-state index in [1.54, 1.807) is 18.2 Å². The average molecular weight is 310 g/mol. The van der Waals surface area contributed by atoms with Crippen molar-refractivity contribution in [3.05, 3.63) is 24.3 Å². The minimum absolute atomic E-state index is 0.0809. The van der Waals surface area contributed by atoms with Crippen LogP contribution < -0.4 is 10.6 Å². The first-order chi connectivity index (χ1) is 9.89. The molecular weight excluding hydrogens is 288 g/mol. The monoisotopic (exact) mass is 310 g/mol. The van der Waals surface area contributed by atoms with Crippen molar-refractivity contribution in [3.63, 3.8) is 0 Å². The van der Waals surface area contributed by atoms with Gasteiger partial charge in [0.05, 0.1) is 16.0 Å². The molecule has 0 unspecified atom stereocenters. The van der Waals surface area contributed by atoms with Gasteiger partial charge in [0.25, 0.3) is 0 Å². The molecule has 5 nitrogen and oxygen atoms in total. The van der Waals surface area contributed by atoms with E-state index in [0.29, 0.717) is 5.69 Å². The molecule has 0 saturated carbocycles. The lowest BCUT2D eigenvalue weighted by Gasteiger charge is -2.35. The first kappa shape index (κ1) is 16.0. The summed E-state index contributed by atoms with van der Waals surface area (Å²) in [6.45, 7) is 3.64. The highest BCUT2D eigenvalue weighted by Crippen LogP contribution is 2.34. The number of anilines is 1. The van der Waals surface area contributed by atoms with E-state index in [9.17, 15) is 13.2 Å². The van der Waals surface area contributed by atoms with E-state index in [1.807, 2.05) is 6.92 Å². The second-order valence-electron chi connectivity index (χ2n) is 5.61. The molecule has 2 N–H and O–H groups in total. The van der Waals surface area contributed by atoms with Gasteiger partial charge in [0, 0.05) is 6.26 Å². The van der Waals surface area contributed by atoms with Crippen LogP contribution in [0.15, 0.2) is 29.2 Å². The lowest BCUT2D eigenvalue weighted by molar-refractivity contribution is -0.127. The minimum atomic E-state index is -3.36. The van der Waals surface area contributed by atoms with Crippen LogP contribution in [0.25, 0.3) is 0 Å². The summed E-state index contributed by atoms with van der Waals surface area (Å²) >= 11 is 0. The van der Waals surface area contributed by atoms with Gasteiger partial charge >= 0.3 is 0 Å². The number of sulfone groups is 1. The van der Waals surface area contributed by atoms with Crippen LogP contribution in [0, 0.1) is 5.41 Å². The summed E-state index contributed by atoms with van der Waals surface area (Å²) in [6.07, 6.45) is 3.45. The number of carbonyl (C=O) groups is 1. The molecule has 1 heterocycles. The quantitative estimate of drug-likeness (QED) is 0.889. The molecule has 1 amide bonds. The summed E-state index contributed by atoms with van der Waals surface area (Å²) in [5.41, 5.74) is -0.0353. The van der Waals surface area contributed by atoms with Crippen LogP contribution in [0.3, 0.4) is 0 Å². The number of amides is 1. The van der Waals surface area contributed by atoms with E-state index in [0.717, 1.165) is 38.6 Å². The fourth-order valence-corrected chi connectivity index (χ4v) is 3.64. The number of carbonyl (C=O) groups excluding carboxylic acids is 1. The summed E-state index contributed by atoms with van der Waals surface area (Å²) in [5.74, 6) is -0.0809. The normalized spacial score (nSPS) is 18.2. The lowest BCUT2D eigenvalue weighted by atomic mass is 9.76. The summed E-state index contributed by atoms with van der Waals surface area (Å²) in [4.78, 5) is 12.8. The zero-order chi connectivity index (χ0) is 15.5. The highest BCUT2D eigenvalue weighted by atomic mass is 32.2. The molecule has 1 aliphatic rings. The standard InChI is InChI=1S/C15H22N2O3S/c1-3-15(8-10-16-11-9-15)14(18)17-12-6-4-5-7-13(12)21(2,19)20/h4-7,16H,3,8-11H2,1-2H3,(H,17,18). The third-order valence-corrected chi connectivity index (χ3v) is 5.41. The molecule has 1 aromatic carbocycles. The molecule has 0 radical (unpaired) electrons. The molecule has 2 rings (SSSR count). The van der Waals surface area contributed by atoms with E-state index >= 15 is 0 Å². The number of rotatable bonds is 4. The van der Waals surface area contributed by atoms with Gasteiger partial charge in [0.15, 0.2) is 9.84 Å². The van der Waals surface area contributed by atoms with Crippen molar-refractivity contribution in [2.45, 2.75) is 31.1 Å². The highest BCUT2D eigenvalue weighted by Gasteiger charge is 2.38. The van der Waals surface area contributed by atoms with E-state index in [-0.39, 0.29) is 10.8 Å². The number of piperidine rings is 1. The fourth-order valence-electron chi connectivity index (χ4n) is 2.79. The molecule has 0 aromatic heterocycles. The zero-order valence-corrected chi connectivity index (χ0v) is 13.3. The van der Waals surface area contributed by atoms with Gasteiger partial charge in [-0.2, -0.15) is 0 Å². The van der Waals surface area contributed by atoms with Crippen molar-refractivity contribution < 1.29 is 13.2 Å². The molecule has 1 aliphatic heterocycles. The van der Waals surface area contributed by atoms with E-state index < -0.39 is 15.3 Å². The summed E-state index contributed by atoms with van der Waals surface area (Å²) in [5, 5.41) is 6.08. The number of benzene rings is 1. The van der Waals surface area contributed by atoms with E-state index in [4.69, 9.17) is 0 Å². The number of hydrogen-bond donors (Lipinski definition) is 2. The zero-order valence-electron chi connectivity index (χ0n) is 12.5. The molecule has 1 aromatic rings. The third-order valence-electron chi connectivity index (χ3n) is 4.25. The first-order valence-corrected chi connectivity index (χ1v) is 9.09. The third kappa shape index (κ3) is 3.44. The number of para-hydroxylation sites is 1. The van der Waals surface area contributed by atoms with Crippen LogP contribution in [-0.4, -0.2) is 33.7 Å². The second kappa shape index (κ2) is 6.15. The van der Waals surface area contributed by atoms with Gasteiger partial charge in [-0.15, -0.1) is 0 Å². The Kier molecular flexibility index (Phi) is 4.68. The molecule has 6 heteroatoms. The SMILES string of the molecule is CCC1(C(=O)Nc2ccccc2S(C)(=O)=O)CCNCC1. The van der Waals surface area contributed by atoms with E-state index in [1.165, 1.54) is 6.07 Å². The molecule has 0 aliphatic carbocycles. The predicted molar refractivity (Wildman–Crippen MR) is 83.0 cm³/mol. The van der Waals surface area contributed by atoms with Crippen LogP contribution >= 0.6 is 0 Å². The Morgan fingerprint density at radius 2 is 1.90 bits per heavy atom. The van der Waals surface area contributed by atoms with Crippen LogP contribution in [-0.2, 0) is 14.6 Å². The van der Waals surface area contributed by atoms with Gasteiger partial charge < -0.3 is 10.6 Å². The summed E-state index contributed by atoms with van der Waals surface area (Å²) in [6, 6.07) is 6.54. The molecule has 21 heavy (non-hydrogen) atoms. The van der Waals surface area contributed by atoms with Crippen LogP contribution in [0.4, 0.5) is 5.69 Å². The molecule has 1 saturated heterocycles. The Morgan fingerprint density at radius 3 is 2.48 bits per heavy atom. The van der Waals surface area contributed by atoms with Gasteiger partial charge in [-0.25, -0.2) is 8.42 Å². The van der Waals surface area contributed by atoms with Crippen molar-refractivity contribution in [2.24, 2.45) is 5.41 Å². The van der Waals surface area contributed by atoms with Gasteiger partial charge in [0.2, 0.25) is 5.91 Å². The Labute approximate surface area is 126 Å². The second-order valence-corrected chi connectivity index (χ2v) is 7.59. The van der Waals surface area contributed by atoms with Crippen molar-refractivity contribution in [1.82, 2.24) is 5.32 Å². The van der Waals surface area contributed by atoms with Crippen molar-refractivity contribution in [1.29, 1.82) is 0 Å². The maximum Gasteiger partial charge on any atom is 0.230 e. The topological polar surface area (TPSA) is 75.3 Å². The number of hydrogen-bond acceptors (Lipinski definition) is 4. The molecular formula is C15H22N2O3S. The minimum Gasteiger partial charge on any atom is -0.324 e.